The monoisotopic (exact) mass is 491 g/mol. The number of sulfonamides is 1. The Labute approximate surface area is 202 Å². The second-order valence-electron chi connectivity index (χ2n) is 8.63. The first kappa shape index (κ1) is 27.3. The molecule has 34 heavy (non-hydrogen) atoms. The van der Waals surface area contributed by atoms with Gasteiger partial charge in [-0.1, -0.05) is 31.2 Å². The number of hydrogen-bond acceptors (Lipinski definition) is 4. The number of benzene rings is 2. The first-order valence-electron chi connectivity index (χ1n) is 11.2. The van der Waals surface area contributed by atoms with Gasteiger partial charge in [-0.25, -0.2) is 12.8 Å². The third-order valence-electron chi connectivity index (χ3n) is 5.96. The molecule has 0 heterocycles. The summed E-state index contributed by atoms with van der Waals surface area (Å²) < 4.78 is 39.8. The maximum Gasteiger partial charge on any atom is 0.244 e. The first-order valence-corrected chi connectivity index (χ1v) is 13.1. The number of carbonyl (C=O) groups excluding carboxylic acids is 2. The molecule has 186 valence electrons. The molecule has 0 saturated heterocycles. The highest BCUT2D eigenvalue weighted by Gasteiger charge is 2.31. The van der Waals surface area contributed by atoms with Crippen molar-refractivity contribution in [1.82, 2.24) is 10.2 Å². The molecule has 2 rings (SSSR count). The van der Waals surface area contributed by atoms with Gasteiger partial charge < -0.3 is 10.2 Å². The quantitative estimate of drug-likeness (QED) is 0.551. The summed E-state index contributed by atoms with van der Waals surface area (Å²) in [6.07, 6.45) is 1.77. The Hall–Kier alpha value is -2.94. The summed E-state index contributed by atoms with van der Waals surface area (Å²) in [6.45, 7) is 8.62. The predicted octanol–water partition coefficient (Wildman–Crippen LogP) is 3.54. The van der Waals surface area contributed by atoms with Crippen LogP contribution in [0.2, 0.25) is 0 Å². The molecule has 0 aromatic heterocycles. The van der Waals surface area contributed by atoms with Crippen LogP contribution in [0.3, 0.4) is 0 Å². The molecule has 0 saturated carbocycles. The fourth-order valence-electron chi connectivity index (χ4n) is 3.44. The molecular formula is C25H34FN3O4S. The van der Waals surface area contributed by atoms with Gasteiger partial charge in [0.15, 0.2) is 0 Å². The number of aryl methyl sites for hydroxylation is 1. The van der Waals surface area contributed by atoms with Crippen molar-refractivity contribution in [3.05, 3.63) is 65.0 Å². The Morgan fingerprint density at radius 1 is 1.06 bits per heavy atom. The van der Waals surface area contributed by atoms with E-state index < -0.39 is 34.3 Å². The third-order valence-corrected chi connectivity index (χ3v) is 7.08. The van der Waals surface area contributed by atoms with Crippen molar-refractivity contribution in [3.8, 4) is 0 Å². The third kappa shape index (κ3) is 7.03. The number of carbonyl (C=O) groups is 2. The predicted molar refractivity (Wildman–Crippen MR) is 132 cm³/mol. The van der Waals surface area contributed by atoms with Gasteiger partial charge in [-0.3, -0.25) is 13.9 Å². The molecule has 0 fully saturated rings. The molecular weight excluding hydrogens is 457 g/mol. The Kier molecular flexibility index (Phi) is 9.21. The average molecular weight is 492 g/mol. The van der Waals surface area contributed by atoms with Gasteiger partial charge in [0.05, 0.1) is 11.9 Å². The normalized spacial score (nSPS) is 13.1. The molecule has 2 aromatic carbocycles. The molecule has 2 amide bonds. The minimum Gasteiger partial charge on any atom is -0.352 e. The Balaban J connectivity index is 2.42. The molecule has 0 unspecified atom stereocenters. The van der Waals surface area contributed by atoms with Crippen molar-refractivity contribution in [2.24, 2.45) is 0 Å². The highest BCUT2D eigenvalue weighted by Crippen LogP contribution is 2.25. The van der Waals surface area contributed by atoms with Crippen molar-refractivity contribution in [2.45, 2.75) is 59.7 Å². The van der Waals surface area contributed by atoms with Crippen molar-refractivity contribution in [3.63, 3.8) is 0 Å². The molecule has 2 aromatic rings. The van der Waals surface area contributed by atoms with Crippen LogP contribution in [0.25, 0.3) is 0 Å². The van der Waals surface area contributed by atoms with Crippen LogP contribution in [0.4, 0.5) is 10.1 Å². The molecule has 0 aliphatic heterocycles. The Bertz CT molecular complexity index is 1120. The summed E-state index contributed by atoms with van der Waals surface area (Å²) in [5.74, 6) is -1.30. The SMILES string of the molecule is CC[C@@H](C)NC(=O)[C@@H](C)N(Cc1ccc(F)cc1)C(=O)CN(c1cccc(C)c1C)S(C)(=O)=O. The fraction of sp³-hybridized carbons (Fsp3) is 0.440. The summed E-state index contributed by atoms with van der Waals surface area (Å²) in [5.41, 5.74) is 2.67. The van der Waals surface area contributed by atoms with Crippen molar-refractivity contribution >= 4 is 27.5 Å². The van der Waals surface area contributed by atoms with E-state index in [-0.39, 0.29) is 18.5 Å². The topological polar surface area (TPSA) is 86.8 Å². The van der Waals surface area contributed by atoms with Gasteiger partial charge in [0.1, 0.15) is 18.4 Å². The molecule has 2 atom stereocenters. The van der Waals surface area contributed by atoms with Crippen LogP contribution < -0.4 is 9.62 Å². The van der Waals surface area contributed by atoms with E-state index in [0.29, 0.717) is 11.3 Å². The van der Waals surface area contributed by atoms with E-state index in [1.807, 2.05) is 26.8 Å². The van der Waals surface area contributed by atoms with Crippen LogP contribution in [0.5, 0.6) is 0 Å². The molecule has 0 spiro atoms. The van der Waals surface area contributed by atoms with E-state index in [1.165, 1.54) is 29.2 Å². The van der Waals surface area contributed by atoms with E-state index in [0.717, 1.165) is 28.1 Å². The molecule has 0 aliphatic rings. The standard InChI is InChI=1S/C25H34FN3O4S/c1-7-18(3)27-25(31)20(5)28(15-21-11-13-22(26)14-12-21)24(30)16-29(34(6,32)33)23-10-8-9-17(2)19(23)4/h8-14,18,20H,7,15-16H2,1-6H3,(H,27,31)/t18-,20-/m1/s1. The number of amides is 2. The smallest absolute Gasteiger partial charge is 0.244 e. The van der Waals surface area contributed by atoms with Gasteiger partial charge in [-0.15, -0.1) is 0 Å². The van der Waals surface area contributed by atoms with Gasteiger partial charge in [-0.2, -0.15) is 0 Å². The second kappa shape index (κ2) is 11.5. The number of anilines is 1. The number of halogens is 1. The van der Waals surface area contributed by atoms with Gasteiger partial charge >= 0.3 is 0 Å². The van der Waals surface area contributed by atoms with Gasteiger partial charge in [0.25, 0.3) is 0 Å². The summed E-state index contributed by atoms with van der Waals surface area (Å²) in [6, 6.07) is 9.93. The zero-order valence-electron chi connectivity index (χ0n) is 20.6. The molecule has 1 N–H and O–H groups in total. The fourth-order valence-corrected chi connectivity index (χ4v) is 4.34. The van der Waals surface area contributed by atoms with Gasteiger partial charge in [0, 0.05) is 12.6 Å². The lowest BCUT2D eigenvalue weighted by Gasteiger charge is -2.32. The zero-order chi connectivity index (χ0) is 25.6. The largest absolute Gasteiger partial charge is 0.352 e. The maximum atomic E-state index is 13.5. The minimum absolute atomic E-state index is 0.0264. The van der Waals surface area contributed by atoms with Crippen LogP contribution in [0, 0.1) is 19.7 Å². The molecule has 0 radical (unpaired) electrons. The highest BCUT2D eigenvalue weighted by molar-refractivity contribution is 7.92. The van der Waals surface area contributed by atoms with E-state index in [9.17, 15) is 22.4 Å². The Morgan fingerprint density at radius 3 is 2.24 bits per heavy atom. The maximum absolute atomic E-state index is 13.5. The number of nitrogens with zero attached hydrogens (tertiary/aromatic N) is 2. The lowest BCUT2D eigenvalue weighted by Crippen LogP contribution is -2.52. The molecule has 0 aliphatic carbocycles. The Morgan fingerprint density at radius 2 is 1.68 bits per heavy atom. The van der Waals surface area contributed by atoms with Crippen molar-refractivity contribution < 1.29 is 22.4 Å². The van der Waals surface area contributed by atoms with Crippen LogP contribution in [0.15, 0.2) is 42.5 Å². The zero-order valence-corrected chi connectivity index (χ0v) is 21.4. The molecule has 0 bridgehead atoms. The minimum atomic E-state index is -3.80. The van der Waals surface area contributed by atoms with Crippen LogP contribution >= 0.6 is 0 Å². The molecule has 9 heteroatoms. The van der Waals surface area contributed by atoms with E-state index in [1.54, 1.807) is 26.0 Å². The van der Waals surface area contributed by atoms with E-state index >= 15 is 0 Å². The van der Waals surface area contributed by atoms with Crippen LogP contribution in [-0.4, -0.2) is 50.0 Å². The van der Waals surface area contributed by atoms with Gasteiger partial charge in [0.2, 0.25) is 21.8 Å². The second-order valence-corrected chi connectivity index (χ2v) is 10.5. The van der Waals surface area contributed by atoms with E-state index in [4.69, 9.17) is 0 Å². The first-order chi connectivity index (χ1) is 15.8. The summed E-state index contributed by atoms with van der Waals surface area (Å²) in [5, 5.41) is 2.87. The van der Waals surface area contributed by atoms with E-state index in [2.05, 4.69) is 5.32 Å². The summed E-state index contributed by atoms with van der Waals surface area (Å²) in [4.78, 5) is 27.7. The lowest BCUT2D eigenvalue weighted by molar-refractivity contribution is -0.139. The van der Waals surface area contributed by atoms with Crippen LogP contribution in [0.1, 0.15) is 43.9 Å². The average Bonchev–Trinajstić information content (AvgIpc) is 2.77. The number of rotatable bonds is 10. The summed E-state index contributed by atoms with van der Waals surface area (Å²) >= 11 is 0. The molecule has 7 nitrogen and oxygen atoms in total. The van der Waals surface area contributed by atoms with Crippen molar-refractivity contribution in [1.29, 1.82) is 0 Å². The summed E-state index contributed by atoms with van der Waals surface area (Å²) in [7, 11) is -3.80. The van der Waals surface area contributed by atoms with Crippen molar-refractivity contribution in [2.75, 3.05) is 17.1 Å². The number of nitrogens with one attached hydrogen (secondary N) is 1. The highest BCUT2D eigenvalue weighted by atomic mass is 32.2. The van der Waals surface area contributed by atoms with Gasteiger partial charge in [-0.05, 0) is 69.0 Å². The lowest BCUT2D eigenvalue weighted by atomic mass is 10.1. The van der Waals surface area contributed by atoms with Crippen LogP contribution in [-0.2, 0) is 26.2 Å². The number of hydrogen-bond donors (Lipinski definition) is 1.